The van der Waals surface area contributed by atoms with E-state index in [9.17, 15) is 4.79 Å². The lowest BCUT2D eigenvalue weighted by Gasteiger charge is -2.13. The number of likely N-dealkylation sites (tertiary alicyclic amines) is 1. The molecule has 1 aliphatic rings. The normalized spacial score (nSPS) is 29.3. The van der Waals surface area contributed by atoms with Gasteiger partial charge in [0.2, 0.25) is 0 Å². The topological polar surface area (TPSA) is 59.0 Å². The Labute approximate surface area is 70.9 Å². The Hall–Kier alpha value is -0.810. The smallest absolute Gasteiger partial charge is 0.407 e. The maximum atomic E-state index is 10.5. The molecule has 0 aromatic rings. The summed E-state index contributed by atoms with van der Waals surface area (Å²) in [5, 5.41) is 8.65. The van der Waals surface area contributed by atoms with Crippen molar-refractivity contribution in [3.05, 3.63) is 0 Å². The zero-order valence-electron chi connectivity index (χ0n) is 7.19. The first-order valence-corrected chi connectivity index (χ1v) is 3.72. The minimum absolute atomic E-state index is 0.133. The van der Waals surface area contributed by atoms with E-state index in [2.05, 4.69) is 0 Å². The number of carboxylic acid groups (broad SMARTS) is 1. The summed E-state index contributed by atoms with van der Waals surface area (Å²) in [5.41, 5.74) is 0. The molecular formula is C7H13NO4. The molecule has 5 nitrogen and oxygen atoms in total. The van der Waals surface area contributed by atoms with Crippen molar-refractivity contribution in [3.63, 3.8) is 0 Å². The van der Waals surface area contributed by atoms with Gasteiger partial charge in [0.05, 0.1) is 13.1 Å². The van der Waals surface area contributed by atoms with Gasteiger partial charge in [0.25, 0.3) is 0 Å². The molecule has 2 atom stereocenters. The first-order chi connectivity index (χ1) is 5.69. The van der Waals surface area contributed by atoms with Crippen LogP contribution in [0.3, 0.4) is 0 Å². The van der Waals surface area contributed by atoms with E-state index in [0.29, 0.717) is 13.1 Å². The van der Waals surface area contributed by atoms with Crippen LogP contribution in [-0.4, -0.2) is 55.6 Å². The molecule has 1 N–H and O–H groups in total. The van der Waals surface area contributed by atoms with Gasteiger partial charge in [-0.05, 0) is 0 Å². The van der Waals surface area contributed by atoms with Crippen molar-refractivity contribution < 1.29 is 19.4 Å². The van der Waals surface area contributed by atoms with Gasteiger partial charge in [-0.15, -0.1) is 0 Å². The highest BCUT2D eigenvalue weighted by atomic mass is 16.5. The average Bonchev–Trinajstić information content (AvgIpc) is 2.46. The highest BCUT2D eigenvalue weighted by Crippen LogP contribution is 2.15. The summed E-state index contributed by atoms with van der Waals surface area (Å²) >= 11 is 0. The van der Waals surface area contributed by atoms with Crippen molar-refractivity contribution in [1.29, 1.82) is 0 Å². The molecule has 0 aromatic carbocycles. The van der Waals surface area contributed by atoms with Crippen LogP contribution < -0.4 is 0 Å². The Kier molecular flexibility index (Phi) is 2.88. The van der Waals surface area contributed by atoms with Crippen LogP contribution in [0.1, 0.15) is 0 Å². The van der Waals surface area contributed by atoms with Crippen LogP contribution in [0.4, 0.5) is 4.79 Å². The molecule has 2 unspecified atom stereocenters. The summed E-state index contributed by atoms with van der Waals surface area (Å²) in [6.45, 7) is 0.786. The van der Waals surface area contributed by atoms with Gasteiger partial charge in [0.15, 0.2) is 0 Å². The average molecular weight is 175 g/mol. The van der Waals surface area contributed by atoms with Crippen molar-refractivity contribution in [1.82, 2.24) is 4.90 Å². The monoisotopic (exact) mass is 175 g/mol. The fourth-order valence-corrected chi connectivity index (χ4v) is 1.35. The van der Waals surface area contributed by atoms with Crippen LogP contribution >= 0.6 is 0 Å². The quantitative estimate of drug-likeness (QED) is 0.642. The van der Waals surface area contributed by atoms with Gasteiger partial charge in [-0.3, -0.25) is 0 Å². The van der Waals surface area contributed by atoms with Crippen molar-refractivity contribution in [2.45, 2.75) is 12.2 Å². The molecule has 1 rings (SSSR count). The van der Waals surface area contributed by atoms with Crippen LogP contribution in [-0.2, 0) is 9.47 Å². The maximum Gasteiger partial charge on any atom is 0.407 e. The van der Waals surface area contributed by atoms with Gasteiger partial charge in [0, 0.05) is 14.2 Å². The fourth-order valence-electron chi connectivity index (χ4n) is 1.35. The van der Waals surface area contributed by atoms with Gasteiger partial charge < -0.3 is 19.5 Å². The third-order valence-corrected chi connectivity index (χ3v) is 2.09. The van der Waals surface area contributed by atoms with E-state index in [1.807, 2.05) is 0 Å². The van der Waals surface area contributed by atoms with Crippen molar-refractivity contribution in [2.24, 2.45) is 0 Å². The molecule has 1 heterocycles. The van der Waals surface area contributed by atoms with Gasteiger partial charge in [0.1, 0.15) is 12.2 Å². The van der Waals surface area contributed by atoms with E-state index in [1.54, 1.807) is 14.2 Å². The third kappa shape index (κ3) is 1.67. The fraction of sp³-hybridized carbons (Fsp3) is 0.857. The lowest BCUT2D eigenvalue weighted by atomic mass is 10.3. The lowest BCUT2D eigenvalue weighted by Crippen LogP contribution is -2.28. The number of hydrogen-bond acceptors (Lipinski definition) is 3. The molecule has 1 fully saturated rings. The zero-order chi connectivity index (χ0) is 9.14. The number of ether oxygens (including phenoxy) is 2. The Morgan fingerprint density at radius 3 is 2.00 bits per heavy atom. The van der Waals surface area contributed by atoms with Crippen LogP contribution in [0.5, 0.6) is 0 Å². The second-order valence-electron chi connectivity index (χ2n) is 2.74. The molecule has 0 saturated carbocycles. The Bertz CT molecular complexity index is 161. The van der Waals surface area contributed by atoms with Gasteiger partial charge in [-0.2, -0.15) is 0 Å². The molecule has 0 aliphatic carbocycles. The minimum Gasteiger partial charge on any atom is -0.465 e. The van der Waals surface area contributed by atoms with Gasteiger partial charge >= 0.3 is 6.09 Å². The number of rotatable bonds is 2. The summed E-state index contributed by atoms with van der Waals surface area (Å²) in [6.07, 6.45) is -1.19. The van der Waals surface area contributed by atoms with Crippen molar-refractivity contribution in [2.75, 3.05) is 27.3 Å². The second-order valence-corrected chi connectivity index (χ2v) is 2.74. The number of hydrogen-bond donors (Lipinski definition) is 1. The van der Waals surface area contributed by atoms with Gasteiger partial charge in [-0.1, -0.05) is 0 Å². The Morgan fingerprint density at radius 1 is 1.33 bits per heavy atom. The molecule has 70 valence electrons. The van der Waals surface area contributed by atoms with Crippen LogP contribution in [0.15, 0.2) is 0 Å². The van der Waals surface area contributed by atoms with Gasteiger partial charge in [-0.25, -0.2) is 4.79 Å². The van der Waals surface area contributed by atoms with Crippen molar-refractivity contribution >= 4 is 6.09 Å². The molecule has 0 aromatic heterocycles. The standard InChI is InChI=1S/C7H13NO4/c1-11-5-3-8(7(9)10)4-6(5)12-2/h5-6H,3-4H2,1-2H3,(H,9,10). The van der Waals surface area contributed by atoms with E-state index in [4.69, 9.17) is 14.6 Å². The summed E-state index contributed by atoms with van der Waals surface area (Å²) < 4.78 is 10.1. The molecule has 0 bridgehead atoms. The highest BCUT2D eigenvalue weighted by molar-refractivity contribution is 5.65. The SMILES string of the molecule is COC1CN(C(=O)O)CC1OC. The summed E-state index contributed by atoms with van der Waals surface area (Å²) in [4.78, 5) is 11.8. The Balaban J connectivity index is 2.53. The first kappa shape index (κ1) is 9.28. The zero-order valence-corrected chi connectivity index (χ0v) is 7.19. The molecule has 0 spiro atoms. The molecule has 1 saturated heterocycles. The number of nitrogens with zero attached hydrogens (tertiary/aromatic N) is 1. The van der Waals surface area contributed by atoms with E-state index in [1.165, 1.54) is 4.90 Å². The van der Waals surface area contributed by atoms with E-state index in [-0.39, 0.29) is 12.2 Å². The number of carbonyl (C=O) groups is 1. The van der Waals surface area contributed by atoms with E-state index < -0.39 is 6.09 Å². The predicted molar refractivity (Wildman–Crippen MR) is 41.2 cm³/mol. The highest BCUT2D eigenvalue weighted by Gasteiger charge is 2.35. The predicted octanol–water partition coefficient (Wildman–Crippen LogP) is 0.0100. The van der Waals surface area contributed by atoms with Crippen LogP contribution in [0, 0.1) is 0 Å². The molecule has 12 heavy (non-hydrogen) atoms. The largest absolute Gasteiger partial charge is 0.465 e. The van der Waals surface area contributed by atoms with Crippen LogP contribution in [0.25, 0.3) is 0 Å². The first-order valence-electron chi connectivity index (χ1n) is 3.72. The summed E-state index contributed by atoms with van der Waals surface area (Å²) in [5.74, 6) is 0. The molecular weight excluding hydrogens is 162 g/mol. The van der Waals surface area contributed by atoms with E-state index >= 15 is 0 Å². The lowest BCUT2D eigenvalue weighted by molar-refractivity contribution is -0.00461. The molecule has 5 heteroatoms. The molecule has 1 aliphatic heterocycles. The minimum atomic E-state index is -0.920. The molecule has 1 amide bonds. The number of amides is 1. The molecule has 0 radical (unpaired) electrons. The Morgan fingerprint density at radius 2 is 1.75 bits per heavy atom. The van der Waals surface area contributed by atoms with E-state index in [0.717, 1.165) is 0 Å². The maximum absolute atomic E-state index is 10.5. The van der Waals surface area contributed by atoms with Crippen molar-refractivity contribution in [3.8, 4) is 0 Å². The number of methoxy groups -OCH3 is 2. The van der Waals surface area contributed by atoms with Crippen LogP contribution in [0.2, 0.25) is 0 Å². The summed E-state index contributed by atoms with van der Waals surface area (Å²) in [6, 6.07) is 0. The second kappa shape index (κ2) is 3.73. The summed E-state index contributed by atoms with van der Waals surface area (Å²) in [7, 11) is 3.12. The third-order valence-electron chi connectivity index (χ3n) is 2.09.